The lowest BCUT2D eigenvalue weighted by Crippen LogP contribution is -2.13. The van der Waals surface area contributed by atoms with Crippen molar-refractivity contribution in [2.24, 2.45) is 0 Å². The topological polar surface area (TPSA) is 74.1 Å². The highest BCUT2D eigenvalue weighted by molar-refractivity contribution is 7.91. The zero-order valence-corrected chi connectivity index (χ0v) is 16.2. The number of benzene rings is 1. The number of ether oxygens (including phenoxy) is 1. The van der Waals surface area contributed by atoms with Crippen molar-refractivity contribution in [1.29, 1.82) is 0 Å². The second-order valence-electron chi connectivity index (χ2n) is 6.96. The Labute approximate surface area is 156 Å². The van der Waals surface area contributed by atoms with Gasteiger partial charge >= 0.3 is 0 Å². The third-order valence-corrected chi connectivity index (χ3v) is 6.79. The summed E-state index contributed by atoms with van der Waals surface area (Å²) in [5, 5.41) is 5.44. The predicted molar refractivity (Wildman–Crippen MR) is 101 cm³/mol. The molecule has 4 rings (SSSR count). The molecule has 1 atom stereocenters. The SMILES string of the molecule is COc1ccc(-c2cc(C)c3c(C)nn(C4CCS(=O)(=O)C4)c3n2)c(F)c1. The monoisotopic (exact) mass is 389 g/mol. The highest BCUT2D eigenvalue weighted by atomic mass is 32.2. The van der Waals surface area contributed by atoms with E-state index in [0.717, 1.165) is 16.6 Å². The first-order valence-electron chi connectivity index (χ1n) is 8.70. The van der Waals surface area contributed by atoms with Gasteiger partial charge < -0.3 is 4.74 Å². The summed E-state index contributed by atoms with van der Waals surface area (Å²) in [6, 6.07) is 6.23. The van der Waals surface area contributed by atoms with E-state index in [1.165, 1.54) is 13.2 Å². The third kappa shape index (κ3) is 3.07. The molecule has 1 aliphatic heterocycles. The summed E-state index contributed by atoms with van der Waals surface area (Å²) >= 11 is 0. The van der Waals surface area contributed by atoms with E-state index in [-0.39, 0.29) is 17.5 Å². The van der Waals surface area contributed by atoms with Crippen molar-refractivity contribution >= 4 is 20.9 Å². The van der Waals surface area contributed by atoms with Gasteiger partial charge in [0.25, 0.3) is 0 Å². The molecule has 3 heterocycles. The molecule has 0 amide bonds. The number of hydrogen-bond donors (Lipinski definition) is 0. The number of fused-ring (bicyclic) bond motifs is 1. The number of sulfone groups is 1. The Hall–Kier alpha value is -2.48. The molecule has 1 saturated heterocycles. The van der Waals surface area contributed by atoms with Gasteiger partial charge in [0.1, 0.15) is 11.6 Å². The van der Waals surface area contributed by atoms with Crippen molar-refractivity contribution in [2.75, 3.05) is 18.6 Å². The van der Waals surface area contributed by atoms with E-state index in [0.29, 0.717) is 29.1 Å². The molecular formula is C19H20FN3O3S. The van der Waals surface area contributed by atoms with Gasteiger partial charge in [-0.3, -0.25) is 0 Å². The van der Waals surface area contributed by atoms with Crippen molar-refractivity contribution in [3.63, 3.8) is 0 Å². The maximum absolute atomic E-state index is 14.5. The second-order valence-corrected chi connectivity index (χ2v) is 9.18. The number of pyridine rings is 1. The Morgan fingerprint density at radius 1 is 1.26 bits per heavy atom. The zero-order chi connectivity index (χ0) is 19.3. The van der Waals surface area contributed by atoms with Crippen LogP contribution in [0.3, 0.4) is 0 Å². The van der Waals surface area contributed by atoms with Crippen LogP contribution in [0.1, 0.15) is 23.7 Å². The summed E-state index contributed by atoms with van der Waals surface area (Å²) < 4.78 is 45.1. The molecule has 6 nitrogen and oxygen atoms in total. The summed E-state index contributed by atoms with van der Waals surface area (Å²) in [6.07, 6.45) is 0.514. The highest BCUT2D eigenvalue weighted by Crippen LogP contribution is 2.32. The molecule has 1 aliphatic rings. The fourth-order valence-corrected chi connectivity index (χ4v) is 5.41. The van der Waals surface area contributed by atoms with E-state index in [4.69, 9.17) is 4.74 Å². The molecule has 0 radical (unpaired) electrons. The van der Waals surface area contributed by atoms with Crippen LogP contribution in [0.15, 0.2) is 24.3 Å². The van der Waals surface area contributed by atoms with Crippen LogP contribution in [-0.2, 0) is 9.84 Å². The van der Waals surface area contributed by atoms with Crippen LogP contribution < -0.4 is 4.74 Å². The molecule has 0 saturated carbocycles. The molecule has 1 aromatic carbocycles. The van der Waals surface area contributed by atoms with Crippen LogP contribution in [0.2, 0.25) is 0 Å². The maximum Gasteiger partial charge on any atom is 0.159 e. The van der Waals surface area contributed by atoms with Crippen molar-refractivity contribution < 1.29 is 17.5 Å². The van der Waals surface area contributed by atoms with Gasteiger partial charge in [-0.2, -0.15) is 5.10 Å². The molecule has 27 heavy (non-hydrogen) atoms. The summed E-state index contributed by atoms with van der Waals surface area (Å²) in [5.74, 6) is 0.229. The Bertz CT molecular complexity index is 1150. The lowest BCUT2D eigenvalue weighted by atomic mass is 10.1. The van der Waals surface area contributed by atoms with Gasteiger partial charge in [0.15, 0.2) is 15.5 Å². The molecule has 142 valence electrons. The number of halogens is 1. The minimum atomic E-state index is -3.05. The second kappa shape index (κ2) is 6.30. The van der Waals surface area contributed by atoms with E-state index in [9.17, 15) is 12.8 Å². The third-order valence-electron chi connectivity index (χ3n) is 5.04. The Kier molecular flexibility index (Phi) is 4.18. The molecule has 0 N–H and O–H groups in total. The first-order valence-corrected chi connectivity index (χ1v) is 10.5. The number of hydrogen-bond acceptors (Lipinski definition) is 5. The van der Waals surface area contributed by atoms with Gasteiger partial charge in [-0.1, -0.05) is 0 Å². The minimum Gasteiger partial charge on any atom is -0.497 e. The van der Waals surface area contributed by atoms with Gasteiger partial charge in [-0.15, -0.1) is 0 Å². The van der Waals surface area contributed by atoms with Crippen molar-refractivity contribution in [3.8, 4) is 17.0 Å². The van der Waals surface area contributed by atoms with Gasteiger partial charge in [0.05, 0.1) is 36.0 Å². The van der Waals surface area contributed by atoms with Crippen LogP contribution in [-0.4, -0.2) is 41.8 Å². The summed E-state index contributed by atoms with van der Waals surface area (Å²) in [7, 11) is -1.57. The molecular weight excluding hydrogens is 369 g/mol. The fourth-order valence-electron chi connectivity index (χ4n) is 3.72. The smallest absolute Gasteiger partial charge is 0.159 e. The van der Waals surface area contributed by atoms with E-state index in [1.54, 1.807) is 16.8 Å². The molecule has 2 aromatic heterocycles. The largest absolute Gasteiger partial charge is 0.497 e. The molecule has 0 bridgehead atoms. The van der Waals surface area contributed by atoms with Crippen LogP contribution in [0.25, 0.3) is 22.3 Å². The van der Waals surface area contributed by atoms with Gasteiger partial charge in [0.2, 0.25) is 0 Å². The molecule has 1 fully saturated rings. The van der Waals surface area contributed by atoms with Crippen molar-refractivity contribution in [3.05, 3.63) is 41.3 Å². The lowest BCUT2D eigenvalue weighted by Gasteiger charge is -2.11. The van der Waals surface area contributed by atoms with E-state index in [2.05, 4.69) is 10.1 Å². The van der Waals surface area contributed by atoms with Crippen molar-refractivity contribution in [2.45, 2.75) is 26.3 Å². The highest BCUT2D eigenvalue weighted by Gasteiger charge is 2.31. The number of rotatable bonds is 3. The van der Waals surface area contributed by atoms with Gasteiger partial charge in [-0.05, 0) is 44.0 Å². The molecule has 1 unspecified atom stereocenters. The zero-order valence-electron chi connectivity index (χ0n) is 15.4. The molecule has 3 aromatic rings. The number of aryl methyl sites for hydroxylation is 2. The summed E-state index contributed by atoms with van der Waals surface area (Å²) in [6.45, 7) is 3.81. The Morgan fingerprint density at radius 3 is 2.67 bits per heavy atom. The van der Waals surface area contributed by atoms with E-state index >= 15 is 0 Å². The van der Waals surface area contributed by atoms with E-state index in [1.807, 2.05) is 19.9 Å². The summed E-state index contributed by atoms with van der Waals surface area (Å²) in [5.41, 5.74) is 3.17. The van der Waals surface area contributed by atoms with Crippen LogP contribution in [0, 0.1) is 19.7 Å². The first-order chi connectivity index (χ1) is 12.8. The molecule has 0 aliphatic carbocycles. The average molecular weight is 389 g/mol. The quantitative estimate of drug-likeness (QED) is 0.688. The Balaban J connectivity index is 1.89. The van der Waals surface area contributed by atoms with Gasteiger partial charge in [0, 0.05) is 17.0 Å². The van der Waals surface area contributed by atoms with Crippen LogP contribution >= 0.6 is 0 Å². The first kappa shape index (κ1) is 17.9. The predicted octanol–water partition coefficient (Wildman–Crippen LogP) is 3.22. The summed E-state index contributed by atoms with van der Waals surface area (Å²) in [4.78, 5) is 4.66. The van der Waals surface area contributed by atoms with Crippen LogP contribution in [0.5, 0.6) is 5.75 Å². The lowest BCUT2D eigenvalue weighted by molar-refractivity contribution is 0.411. The van der Waals surface area contributed by atoms with Gasteiger partial charge in [-0.25, -0.2) is 22.5 Å². The van der Waals surface area contributed by atoms with E-state index < -0.39 is 15.7 Å². The van der Waals surface area contributed by atoms with Crippen LogP contribution in [0.4, 0.5) is 4.39 Å². The fraction of sp³-hybridized carbons (Fsp3) is 0.368. The normalized spacial score (nSPS) is 18.9. The number of methoxy groups -OCH3 is 1. The standard InChI is InChI=1S/C19H20FN3O3S/c1-11-8-17(15-5-4-14(26-3)9-16(15)20)21-19-18(11)12(2)22-23(19)13-6-7-27(24,25)10-13/h4-5,8-9,13H,6-7,10H2,1-3H3. The maximum atomic E-state index is 14.5. The minimum absolute atomic E-state index is 0.0606. The molecule has 0 spiro atoms. The Morgan fingerprint density at radius 2 is 2.04 bits per heavy atom. The molecule has 8 heteroatoms. The van der Waals surface area contributed by atoms with Crippen molar-refractivity contribution in [1.82, 2.24) is 14.8 Å². The number of nitrogens with zero attached hydrogens (tertiary/aromatic N) is 3. The average Bonchev–Trinajstić information content (AvgIpc) is 3.14. The number of aromatic nitrogens is 3.